The van der Waals surface area contributed by atoms with Crippen LogP contribution in [0.3, 0.4) is 0 Å². The van der Waals surface area contributed by atoms with Crippen molar-refractivity contribution in [2.24, 2.45) is 0 Å². The van der Waals surface area contributed by atoms with E-state index < -0.39 is 6.10 Å². The third-order valence-electron chi connectivity index (χ3n) is 2.54. The summed E-state index contributed by atoms with van der Waals surface area (Å²) in [5.41, 5.74) is 0.857. The molecule has 0 fully saturated rings. The number of benzene rings is 1. The molecular weight excluding hydrogens is 232 g/mol. The smallest absolute Gasteiger partial charge is 0.226 e. The highest BCUT2D eigenvalue weighted by molar-refractivity contribution is 5.28. The molecule has 5 heteroatoms. The van der Waals surface area contributed by atoms with Gasteiger partial charge in [-0.2, -0.15) is 4.98 Å². The van der Waals surface area contributed by atoms with Crippen LogP contribution in [0.15, 0.2) is 28.8 Å². The number of aryl methyl sites for hydroxylation is 1. The summed E-state index contributed by atoms with van der Waals surface area (Å²) in [4.78, 5) is 4.15. The largest absolute Gasteiger partial charge is 0.485 e. The molecule has 1 aromatic heterocycles. The van der Waals surface area contributed by atoms with E-state index in [0.717, 1.165) is 12.0 Å². The lowest BCUT2D eigenvalue weighted by Crippen LogP contribution is -1.98. The minimum absolute atomic E-state index is 0.275. The number of nitrogens with zero attached hydrogens (tertiary/aromatic N) is 2. The van der Waals surface area contributed by atoms with E-state index in [1.54, 1.807) is 6.92 Å². The minimum atomic E-state index is -0.469. The number of aliphatic hydroxyl groups excluding tert-OH is 1. The lowest BCUT2D eigenvalue weighted by Gasteiger charge is -2.06. The van der Waals surface area contributed by atoms with E-state index in [1.807, 2.05) is 31.2 Å². The average molecular weight is 248 g/mol. The second-order valence-electron chi connectivity index (χ2n) is 3.99. The van der Waals surface area contributed by atoms with Crippen LogP contribution in [0.2, 0.25) is 0 Å². The molecule has 0 bridgehead atoms. The average Bonchev–Trinajstić information content (AvgIpc) is 2.85. The summed E-state index contributed by atoms with van der Waals surface area (Å²) in [6.07, 6.45) is 0.249. The van der Waals surface area contributed by atoms with E-state index in [0.29, 0.717) is 17.5 Å². The Bertz CT molecular complexity index is 491. The fourth-order valence-corrected chi connectivity index (χ4v) is 1.48. The molecule has 96 valence electrons. The molecule has 0 spiro atoms. The Kier molecular flexibility index (Phi) is 3.94. The van der Waals surface area contributed by atoms with E-state index in [9.17, 15) is 5.11 Å². The summed E-state index contributed by atoms with van der Waals surface area (Å²) < 4.78 is 10.5. The standard InChI is InChI=1S/C13H16N2O3/c1-3-13-14-12(15-18-13)8-17-11-6-4-10(5-7-11)9(2)16/h4-7,9,16H,3,8H2,1-2H3/t9-/m0/s1. The first-order valence-corrected chi connectivity index (χ1v) is 5.91. The molecule has 2 aromatic rings. The first kappa shape index (κ1) is 12.6. The molecule has 0 aliphatic rings. The topological polar surface area (TPSA) is 68.4 Å². The maximum absolute atomic E-state index is 9.38. The van der Waals surface area contributed by atoms with Gasteiger partial charge >= 0.3 is 0 Å². The van der Waals surface area contributed by atoms with Crippen LogP contribution >= 0.6 is 0 Å². The third kappa shape index (κ3) is 3.07. The zero-order valence-corrected chi connectivity index (χ0v) is 10.5. The van der Waals surface area contributed by atoms with Crippen LogP contribution in [0.5, 0.6) is 5.75 Å². The summed E-state index contributed by atoms with van der Waals surface area (Å²) >= 11 is 0. The Morgan fingerprint density at radius 1 is 1.33 bits per heavy atom. The van der Waals surface area contributed by atoms with Crippen LogP contribution in [0.4, 0.5) is 0 Å². The van der Waals surface area contributed by atoms with Crippen molar-refractivity contribution in [1.82, 2.24) is 10.1 Å². The fraction of sp³-hybridized carbons (Fsp3) is 0.385. The molecule has 5 nitrogen and oxygen atoms in total. The molecule has 0 amide bonds. The fourth-order valence-electron chi connectivity index (χ4n) is 1.48. The van der Waals surface area contributed by atoms with Gasteiger partial charge in [-0.25, -0.2) is 0 Å². The predicted octanol–water partition coefficient (Wildman–Crippen LogP) is 2.26. The summed E-state index contributed by atoms with van der Waals surface area (Å²) in [5.74, 6) is 1.85. The monoisotopic (exact) mass is 248 g/mol. The van der Waals surface area contributed by atoms with E-state index in [2.05, 4.69) is 10.1 Å². The number of hydrogen-bond donors (Lipinski definition) is 1. The molecule has 0 aliphatic carbocycles. The van der Waals surface area contributed by atoms with Gasteiger partial charge in [0.25, 0.3) is 0 Å². The molecule has 1 N–H and O–H groups in total. The number of rotatable bonds is 5. The van der Waals surface area contributed by atoms with Crippen LogP contribution < -0.4 is 4.74 Å². The SMILES string of the molecule is CCc1nc(COc2ccc([C@H](C)O)cc2)no1. The molecule has 0 radical (unpaired) electrons. The molecule has 1 aromatic carbocycles. The van der Waals surface area contributed by atoms with Crippen molar-refractivity contribution >= 4 is 0 Å². The Labute approximate surface area is 105 Å². The van der Waals surface area contributed by atoms with E-state index in [1.165, 1.54) is 0 Å². The quantitative estimate of drug-likeness (QED) is 0.879. The molecular formula is C13H16N2O3. The third-order valence-corrected chi connectivity index (χ3v) is 2.54. The Morgan fingerprint density at radius 2 is 2.06 bits per heavy atom. The van der Waals surface area contributed by atoms with Gasteiger partial charge in [-0.1, -0.05) is 24.2 Å². The maximum atomic E-state index is 9.38. The summed E-state index contributed by atoms with van der Waals surface area (Å²) in [6.45, 7) is 3.95. The van der Waals surface area contributed by atoms with Crippen LogP contribution in [0, 0.1) is 0 Å². The summed E-state index contributed by atoms with van der Waals surface area (Å²) in [6, 6.07) is 7.27. The van der Waals surface area contributed by atoms with Crippen LogP contribution in [0.25, 0.3) is 0 Å². The Hall–Kier alpha value is -1.88. The maximum Gasteiger partial charge on any atom is 0.226 e. The van der Waals surface area contributed by atoms with Crippen LogP contribution in [-0.4, -0.2) is 15.2 Å². The van der Waals surface area contributed by atoms with Gasteiger partial charge in [-0.15, -0.1) is 0 Å². The second-order valence-corrected chi connectivity index (χ2v) is 3.99. The molecule has 0 saturated heterocycles. The van der Waals surface area contributed by atoms with Crippen LogP contribution in [-0.2, 0) is 13.0 Å². The number of aliphatic hydroxyl groups is 1. The van der Waals surface area contributed by atoms with Gasteiger partial charge in [-0.3, -0.25) is 0 Å². The predicted molar refractivity (Wildman–Crippen MR) is 65.1 cm³/mol. The van der Waals surface area contributed by atoms with Crippen molar-refractivity contribution in [3.63, 3.8) is 0 Å². The zero-order chi connectivity index (χ0) is 13.0. The van der Waals surface area contributed by atoms with Crippen molar-refractivity contribution in [1.29, 1.82) is 0 Å². The number of ether oxygens (including phenoxy) is 1. The van der Waals surface area contributed by atoms with Crippen LogP contribution in [0.1, 0.15) is 37.2 Å². The lowest BCUT2D eigenvalue weighted by molar-refractivity contribution is 0.199. The lowest BCUT2D eigenvalue weighted by atomic mass is 10.1. The molecule has 0 unspecified atom stereocenters. The molecule has 0 saturated carbocycles. The van der Waals surface area contributed by atoms with Gasteiger partial charge in [0.15, 0.2) is 6.61 Å². The van der Waals surface area contributed by atoms with E-state index >= 15 is 0 Å². The van der Waals surface area contributed by atoms with Crippen molar-refractivity contribution in [3.05, 3.63) is 41.5 Å². The van der Waals surface area contributed by atoms with Crippen molar-refractivity contribution < 1.29 is 14.4 Å². The number of aromatic nitrogens is 2. The molecule has 18 heavy (non-hydrogen) atoms. The normalized spacial score (nSPS) is 12.4. The highest BCUT2D eigenvalue weighted by Gasteiger charge is 2.05. The van der Waals surface area contributed by atoms with Crippen molar-refractivity contribution in [2.75, 3.05) is 0 Å². The van der Waals surface area contributed by atoms with Gasteiger partial charge in [0.05, 0.1) is 6.10 Å². The summed E-state index contributed by atoms with van der Waals surface area (Å²) in [7, 11) is 0. The van der Waals surface area contributed by atoms with E-state index in [4.69, 9.17) is 9.26 Å². The first-order chi connectivity index (χ1) is 8.69. The first-order valence-electron chi connectivity index (χ1n) is 5.91. The van der Waals surface area contributed by atoms with Gasteiger partial charge < -0.3 is 14.4 Å². The van der Waals surface area contributed by atoms with Crippen molar-refractivity contribution in [3.8, 4) is 5.75 Å². The highest BCUT2D eigenvalue weighted by Crippen LogP contribution is 2.17. The molecule has 0 aliphatic heterocycles. The molecule has 1 atom stereocenters. The van der Waals surface area contributed by atoms with Gasteiger partial charge in [0.2, 0.25) is 11.7 Å². The molecule has 2 rings (SSSR count). The highest BCUT2D eigenvalue weighted by atomic mass is 16.5. The second kappa shape index (κ2) is 5.64. The van der Waals surface area contributed by atoms with Gasteiger partial charge in [-0.05, 0) is 24.6 Å². The Balaban J connectivity index is 1.93. The van der Waals surface area contributed by atoms with Gasteiger partial charge in [0, 0.05) is 6.42 Å². The van der Waals surface area contributed by atoms with Gasteiger partial charge in [0.1, 0.15) is 5.75 Å². The minimum Gasteiger partial charge on any atom is -0.485 e. The zero-order valence-electron chi connectivity index (χ0n) is 10.5. The Morgan fingerprint density at radius 3 is 2.61 bits per heavy atom. The van der Waals surface area contributed by atoms with E-state index in [-0.39, 0.29) is 6.61 Å². The number of hydrogen-bond acceptors (Lipinski definition) is 5. The summed E-state index contributed by atoms with van der Waals surface area (Å²) in [5, 5.41) is 13.2. The van der Waals surface area contributed by atoms with Crippen molar-refractivity contribution in [2.45, 2.75) is 33.0 Å². The molecule has 1 heterocycles.